The topological polar surface area (TPSA) is 52.7 Å². The Hall–Kier alpha value is -3.28. The molecule has 3 aromatic rings. The molecule has 1 fully saturated rings. The van der Waals surface area contributed by atoms with Gasteiger partial charge in [0, 0.05) is 44.8 Å². The van der Waals surface area contributed by atoms with E-state index in [-0.39, 0.29) is 5.91 Å². The monoisotopic (exact) mass is 441 g/mol. The van der Waals surface area contributed by atoms with Gasteiger partial charge in [-0.1, -0.05) is 78.9 Å². The molecule has 170 valence electrons. The van der Waals surface area contributed by atoms with Gasteiger partial charge in [-0.3, -0.25) is 14.6 Å². The molecule has 4 rings (SSSR count). The Bertz CT molecular complexity index is 1030. The summed E-state index contributed by atoms with van der Waals surface area (Å²) in [4.78, 5) is 29.5. The van der Waals surface area contributed by atoms with Gasteiger partial charge in [-0.25, -0.2) is 0 Å². The van der Waals surface area contributed by atoms with Crippen molar-refractivity contribution in [2.45, 2.75) is 25.6 Å². The molecule has 33 heavy (non-hydrogen) atoms. The van der Waals surface area contributed by atoms with Gasteiger partial charge in [0.25, 0.3) is 5.91 Å². The Kier molecular flexibility index (Phi) is 8.01. The Balaban J connectivity index is 1.33. The molecular weight excluding hydrogens is 410 g/mol. The van der Waals surface area contributed by atoms with E-state index in [1.165, 1.54) is 5.56 Å². The Morgan fingerprint density at radius 2 is 1.30 bits per heavy atom. The molecule has 1 aliphatic heterocycles. The highest BCUT2D eigenvalue weighted by Crippen LogP contribution is 2.15. The quantitative estimate of drug-likeness (QED) is 0.516. The van der Waals surface area contributed by atoms with Crippen LogP contribution in [0.2, 0.25) is 0 Å². The highest BCUT2D eigenvalue weighted by Gasteiger charge is 2.20. The predicted molar refractivity (Wildman–Crippen MR) is 131 cm³/mol. The molecule has 1 amide bonds. The molecule has 3 aromatic carbocycles. The molecule has 0 bridgehead atoms. The van der Waals surface area contributed by atoms with Crippen LogP contribution in [0.4, 0.5) is 0 Å². The number of amides is 1. The van der Waals surface area contributed by atoms with E-state index in [4.69, 9.17) is 0 Å². The van der Waals surface area contributed by atoms with Crippen LogP contribution in [-0.2, 0) is 24.3 Å². The summed E-state index contributed by atoms with van der Waals surface area (Å²) in [5.74, 6) is -0.193. The minimum absolute atomic E-state index is 0.193. The van der Waals surface area contributed by atoms with Crippen molar-refractivity contribution in [2.75, 3.05) is 26.2 Å². The zero-order valence-electron chi connectivity index (χ0n) is 18.9. The van der Waals surface area contributed by atoms with Gasteiger partial charge < -0.3 is 10.1 Å². The third kappa shape index (κ3) is 6.60. The van der Waals surface area contributed by atoms with Crippen molar-refractivity contribution in [3.8, 4) is 0 Å². The minimum atomic E-state index is -0.547. The van der Waals surface area contributed by atoms with Crippen molar-refractivity contribution in [1.82, 2.24) is 15.1 Å². The number of hydrogen-bond donors (Lipinski definition) is 1. The lowest BCUT2D eigenvalue weighted by atomic mass is 10.0. The fraction of sp³-hybridized carbons (Fsp3) is 0.286. The van der Waals surface area contributed by atoms with Crippen molar-refractivity contribution >= 4 is 12.2 Å². The van der Waals surface area contributed by atoms with E-state index in [1.807, 2.05) is 60.7 Å². The van der Waals surface area contributed by atoms with E-state index in [1.54, 1.807) is 0 Å². The lowest BCUT2D eigenvalue weighted by Gasteiger charge is -2.35. The van der Waals surface area contributed by atoms with Crippen LogP contribution in [0.1, 0.15) is 27.0 Å². The summed E-state index contributed by atoms with van der Waals surface area (Å²) < 4.78 is 0. The van der Waals surface area contributed by atoms with Gasteiger partial charge >= 0.3 is 0 Å². The molecule has 5 nitrogen and oxygen atoms in total. The molecule has 5 heteroatoms. The van der Waals surface area contributed by atoms with Gasteiger partial charge in [0.2, 0.25) is 0 Å². The maximum absolute atomic E-state index is 13.0. The first-order valence-electron chi connectivity index (χ1n) is 11.6. The molecule has 0 aliphatic carbocycles. The van der Waals surface area contributed by atoms with Crippen molar-refractivity contribution in [3.05, 3.63) is 107 Å². The van der Waals surface area contributed by atoms with E-state index in [9.17, 15) is 9.59 Å². The summed E-state index contributed by atoms with van der Waals surface area (Å²) in [5, 5.41) is 2.91. The van der Waals surface area contributed by atoms with Crippen LogP contribution in [-0.4, -0.2) is 54.2 Å². The number of carbonyl (C=O) groups is 2. The van der Waals surface area contributed by atoms with Crippen LogP contribution in [0.25, 0.3) is 0 Å². The number of carbonyl (C=O) groups excluding carboxylic acids is 2. The Morgan fingerprint density at radius 1 is 0.758 bits per heavy atom. The summed E-state index contributed by atoms with van der Waals surface area (Å²) in [5.41, 5.74) is 4.00. The van der Waals surface area contributed by atoms with Crippen LogP contribution in [0.3, 0.4) is 0 Å². The van der Waals surface area contributed by atoms with Gasteiger partial charge in [-0.2, -0.15) is 0 Å². The third-order valence-electron chi connectivity index (χ3n) is 6.15. The van der Waals surface area contributed by atoms with Gasteiger partial charge in [0.05, 0.1) is 6.04 Å². The fourth-order valence-corrected chi connectivity index (χ4v) is 4.32. The summed E-state index contributed by atoms with van der Waals surface area (Å²) in [6.07, 6.45) is 1.31. The zero-order valence-corrected chi connectivity index (χ0v) is 18.9. The van der Waals surface area contributed by atoms with Crippen molar-refractivity contribution < 1.29 is 9.59 Å². The molecule has 0 aromatic heterocycles. The van der Waals surface area contributed by atoms with Crippen LogP contribution >= 0.6 is 0 Å². The molecule has 1 atom stereocenters. The van der Waals surface area contributed by atoms with E-state index in [0.29, 0.717) is 12.0 Å². The molecule has 1 heterocycles. The molecular formula is C28H31N3O2. The van der Waals surface area contributed by atoms with E-state index in [0.717, 1.165) is 56.7 Å². The maximum atomic E-state index is 13.0. The number of nitrogens with zero attached hydrogens (tertiary/aromatic N) is 2. The first-order chi connectivity index (χ1) is 16.2. The highest BCUT2D eigenvalue weighted by molar-refractivity contribution is 5.97. The normalized spacial score (nSPS) is 15.6. The number of rotatable bonds is 9. The van der Waals surface area contributed by atoms with E-state index >= 15 is 0 Å². The number of hydrogen-bond acceptors (Lipinski definition) is 4. The lowest BCUT2D eigenvalue weighted by molar-refractivity contribution is -0.109. The molecule has 0 radical (unpaired) electrons. The zero-order chi connectivity index (χ0) is 22.9. The van der Waals surface area contributed by atoms with Crippen molar-refractivity contribution in [2.24, 2.45) is 0 Å². The molecule has 1 N–H and O–H groups in total. The average molecular weight is 442 g/mol. The summed E-state index contributed by atoms with van der Waals surface area (Å²) in [6, 6.07) is 27.5. The van der Waals surface area contributed by atoms with Crippen LogP contribution in [0.15, 0.2) is 84.9 Å². The lowest BCUT2D eigenvalue weighted by Crippen LogP contribution is -2.45. The van der Waals surface area contributed by atoms with Gasteiger partial charge in [0.15, 0.2) is 0 Å². The van der Waals surface area contributed by atoms with Gasteiger partial charge in [0.1, 0.15) is 6.29 Å². The maximum Gasteiger partial charge on any atom is 0.252 e. The second kappa shape index (κ2) is 11.5. The Morgan fingerprint density at radius 3 is 1.94 bits per heavy atom. The Labute approximate surface area is 196 Å². The predicted octanol–water partition coefficient (Wildman–Crippen LogP) is 3.54. The van der Waals surface area contributed by atoms with Crippen LogP contribution < -0.4 is 5.32 Å². The van der Waals surface area contributed by atoms with Crippen LogP contribution in [0, 0.1) is 0 Å². The SMILES string of the molecule is O=CC(Cc1ccccc1)NC(=O)c1ccccc1CN1CCN(Cc2ccccc2)CC1. The molecule has 0 saturated carbocycles. The first-order valence-corrected chi connectivity index (χ1v) is 11.6. The number of aldehydes is 1. The summed E-state index contributed by atoms with van der Waals surface area (Å²) >= 11 is 0. The molecule has 0 spiro atoms. The van der Waals surface area contributed by atoms with Gasteiger partial charge in [-0.05, 0) is 29.2 Å². The number of piperazine rings is 1. The number of nitrogens with one attached hydrogen (secondary N) is 1. The summed E-state index contributed by atoms with van der Waals surface area (Å²) in [7, 11) is 0. The minimum Gasteiger partial charge on any atom is -0.342 e. The largest absolute Gasteiger partial charge is 0.342 e. The molecule has 1 unspecified atom stereocenters. The number of benzene rings is 3. The second-order valence-corrected chi connectivity index (χ2v) is 8.60. The third-order valence-corrected chi connectivity index (χ3v) is 6.15. The fourth-order valence-electron chi connectivity index (χ4n) is 4.32. The second-order valence-electron chi connectivity index (χ2n) is 8.60. The standard InChI is InChI=1S/C28H31N3O2/c32-22-26(19-23-9-3-1-4-10-23)29-28(33)27-14-8-7-13-25(27)21-31-17-15-30(16-18-31)20-24-11-5-2-6-12-24/h1-14,22,26H,15-21H2,(H,29,33). The van der Waals surface area contributed by atoms with Crippen molar-refractivity contribution in [3.63, 3.8) is 0 Å². The summed E-state index contributed by atoms with van der Waals surface area (Å²) in [6.45, 7) is 5.65. The van der Waals surface area contributed by atoms with Crippen LogP contribution in [0.5, 0.6) is 0 Å². The molecule has 1 aliphatic rings. The highest BCUT2D eigenvalue weighted by atomic mass is 16.2. The molecule has 1 saturated heterocycles. The average Bonchev–Trinajstić information content (AvgIpc) is 2.86. The van der Waals surface area contributed by atoms with Crippen molar-refractivity contribution in [1.29, 1.82) is 0 Å². The smallest absolute Gasteiger partial charge is 0.252 e. The van der Waals surface area contributed by atoms with E-state index < -0.39 is 6.04 Å². The van der Waals surface area contributed by atoms with Gasteiger partial charge in [-0.15, -0.1) is 0 Å². The van der Waals surface area contributed by atoms with E-state index in [2.05, 4.69) is 39.4 Å². The first kappa shape index (κ1) is 22.9.